The summed E-state index contributed by atoms with van der Waals surface area (Å²) in [6.45, 7) is 6.78. The van der Waals surface area contributed by atoms with Gasteiger partial charge in [-0.05, 0) is 62.2 Å². The molecule has 4 bridgehead atoms. The summed E-state index contributed by atoms with van der Waals surface area (Å²) in [5.41, 5.74) is 9.14. The molecule has 18 heavy (non-hydrogen) atoms. The Kier molecular flexibility index (Phi) is 2.23. The maximum atomic E-state index is 9.15. The van der Waals surface area contributed by atoms with E-state index in [1.54, 1.807) is 0 Å². The molecule has 0 spiro atoms. The predicted molar refractivity (Wildman–Crippen MR) is 72.3 cm³/mol. The van der Waals surface area contributed by atoms with Crippen LogP contribution in [0.15, 0.2) is 11.3 Å². The molecule has 2 atom stereocenters. The highest BCUT2D eigenvalue weighted by atomic mass is 14.7. The monoisotopic (exact) mass is 244 g/mol. The van der Waals surface area contributed by atoms with E-state index >= 15 is 0 Å². The zero-order valence-corrected chi connectivity index (χ0v) is 11.8. The average molecular weight is 244 g/mol. The van der Waals surface area contributed by atoms with Crippen molar-refractivity contribution in [1.82, 2.24) is 0 Å². The van der Waals surface area contributed by atoms with E-state index < -0.39 is 0 Å². The number of nitriles is 1. The second-order valence-corrected chi connectivity index (χ2v) is 8.06. The maximum absolute atomic E-state index is 9.15. The molecule has 0 heterocycles. The van der Waals surface area contributed by atoms with Crippen LogP contribution >= 0.6 is 0 Å². The van der Waals surface area contributed by atoms with Crippen LogP contribution in [0.25, 0.3) is 0 Å². The summed E-state index contributed by atoms with van der Waals surface area (Å²) >= 11 is 0. The first-order chi connectivity index (χ1) is 8.30. The summed E-state index contributed by atoms with van der Waals surface area (Å²) in [6, 6.07) is 2.27. The number of rotatable bonds is 1. The molecule has 0 amide bonds. The fourth-order valence-electron chi connectivity index (χ4n) is 6.21. The Labute approximate surface area is 110 Å². The molecule has 2 heteroatoms. The van der Waals surface area contributed by atoms with Crippen molar-refractivity contribution in [3.8, 4) is 6.07 Å². The lowest BCUT2D eigenvalue weighted by molar-refractivity contribution is -0.129. The summed E-state index contributed by atoms with van der Waals surface area (Å²) in [7, 11) is 0. The van der Waals surface area contributed by atoms with Crippen molar-refractivity contribution in [3.05, 3.63) is 11.3 Å². The summed E-state index contributed by atoms with van der Waals surface area (Å²) in [5, 5.41) is 9.15. The molecule has 0 aliphatic heterocycles. The predicted octanol–water partition coefficient (Wildman–Crippen LogP) is 3.74. The van der Waals surface area contributed by atoms with Gasteiger partial charge < -0.3 is 5.73 Å². The fourth-order valence-corrected chi connectivity index (χ4v) is 6.21. The van der Waals surface area contributed by atoms with E-state index in [2.05, 4.69) is 19.9 Å². The first-order valence-electron chi connectivity index (χ1n) is 7.17. The molecule has 4 aliphatic rings. The molecule has 4 rings (SSSR count). The largest absolute Gasteiger partial charge is 0.401 e. The quantitative estimate of drug-likeness (QED) is 0.714. The lowest BCUT2D eigenvalue weighted by Crippen LogP contribution is -2.56. The van der Waals surface area contributed by atoms with Gasteiger partial charge in [0, 0.05) is 16.7 Å². The van der Waals surface area contributed by atoms with Crippen molar-refractivity contribution < 1.29 is 0 Å². The van der Waals surface area contributed by atoms with E-state index in [1.165, 1.54) is 38.5 Å². The first-order valence-corrected chi connectivity index (χ1v) is 7.17. The number of allylic oxidation sites excluding steroid dienone is 2. The third kappa shape index (κ3) is 1.53. The normalized spacial score (nSPS) is 50.9. The van der Waals surface area contributed by atoms with E-state index in [9.17, 15) is 0 Å². The topological polar surface area (TPSA) is 49.8 Å². The fraction of sp³-hybridized carbons (Fsp3) is 0.812. The third-order valence-electron chi connectivity index (χ3n) is 5.77. The summed E-state index contributed by atoms with van der Waals surface area (Å²) in [6.07, 6.45) is 7.75. The van der Waals surface area contributed by atoms with Gasteiger partial charge in [-0.3, -0.25) is 0 Å². The van der Waals surface area contributed by atoms with Gasteiger partial charge in [0.15, 0.2) is 0 Å². The molecule has 0 aromatic heterocycles. The smallest absolute Gasteiger partial charge is 0.0962 e. The van der Waals surface area contributed by atoms with Crippen molar-refractivity contribution in [2.45, 2.75) is 59.3 Å². The van der Waals surface area contributed by atoms with Crippen LogP contribution in [0, 0.1) is 33.5 Å². The summed E-state index contributed by atoms with van der Waals surface area (Å²) in [5.74, 6) is 0.835. The van der Waals surface area contributed by atoms with E-state index in [0.717, 1.165) is 17.2 Å². The molecule has 0 saturated heterocycles. The van der Waals surface area contributed by atoms with E-state index in [1.807, 2.05) is 6.92 Å². The van der Waals surface area contributed by atoms with Crippen LogP contribution < -0.4 is 5.73 Å². The van der Waals surface area contributed by atoms with Gasteiger partial charge in [0.25, 0.3) is 0 Å². The molecular weight excluding hydrogens is 220 g/mol. The molecule has 4 aliphatic carbocycles. The standard InChI is InChI=1S/C16H24N2/c1-11(7-17)13(18)16-6-12-4-14(2,9-16)8-15(3,5-12)10-16/h12H,4-6,8-10,18H2,1-3H3. The highest BCUT2D eigenvalue weighted by Gasteiger charge is 2.61. The molecule has 4 saturated carbocycles. The van der Waals surface area contributed by atoms with Gasteiger partial charge in [-0.1, -0.05) is 13.8 Å². The number of nitrogens with two attached hydrogens (primary N) is 1. The van der Waals surface area contributed by atoms with Crippen molar-refractivity contribution >= 4 is 0 Å². The van der Waals surface area contributed by atoms with E-state index in [0.29, 0.717) is 10.8 Å². The van der Waals surface area contributed by atoms with Gasteiger partial charge in [0.2, 0.25) is 0 Å². The Morgan fingerprint density at radius 1 is 1.11 bits per heavy atom. The molecule has 98 valence electrons. The van der Waals surface area contributed by atoms with Crippen molar-refractivity contribution in [2.75, 3.05) is 0 Å². The van der Waals surface area contributed by atoms with Gasteiger partial charge in [0.1, 0.15) is 0 Å². The van der Waals surface area contributed by atoms with Gasteiger partial charge in [0.05, 0.1) is 6.07 Å². The van der Waals surface area contributed by atoms with Crippen molar-refractivity contribution in [2.24, 2.45) is 27.9 Å². The van der Waals surface area contributed by atoms with E-state index in [4.69, 9.17) is 11.0 Å². The van der Waals surface area contributed by atoms with Gasteiger partial charge in [-0.2, -0.15) is 5.26 Å². The zero-order chi connectivity index (χ0) is 13.2. The van der Waals surface area contributed by atoms with Crippen molar-refractivity contribution in [1.29, 1.82) is 5.26 Å². The Morgan fingerprint density at radius 2 is 1.67 bits per heavy atom. The van der Waals surface area contributed by atoms with Crippen LogP contribution in [0.1, 0.15) is 59.3 Å². The average Bonchev–Trinajstić information content (AvgIpc) is 2.22. The molecule has 2 unspecified atom stereocenters. The Hall–Kier alpha value is -0.970. The SMILES string of the molecule is CC(C#N)=C(N)C12CC3CC(C)(CC(C)(C3)C1)C2. The van der Waals surface area contributed by atoms with Crippen LogP contribution in [0.3, 0.4) is 0 Å². The van der Waals surface area contributed by atoms with Crippen LogP contribution in [-0.4, -0.2) is 0 Å². The molecule has 2 nitrogen and oxygen atoms in total. The molecule has 0 aromatic rings. The highest BCUT2D eigenvalue weighted by Crippen LogP contribution is 2.70. The van der Waals surface area contributed by atoms with Gasteiger partial charge in [-0.15, -0.1) is 0 Å². The van der Waals surface area contributed by atoms with Crippen LogP contribution in [0.5, 0.6) is 0 Å². The van der Waals surface area contributed by atoms with Crippen LogP contribution in [0.4, 0.5) is 0 Å². The maximum Gasteiger partial charge on any atom is 0.0962 e. The second kappa shape index (κ2) is 3.32. The number of nitrogens with zero attached hydrogens (tertiary/aromatic N) is 1. The van der Waals surface area contributed by atoms with E-state index in [-0.39, 0.29) is 5.41 Å². The molecular formula is C16H24N2. The lowest BCUT2D eigenvalue weighted by atomic mass is 9.39. The molecule has 0 aromatic carbocycles. The molecule has 4 fully saturated rings. The lowest BCUT2D eigenvalue weighted by Gasteiger charge is -2.65. The second-order valence-electron chi connectivity index (χ2n) is 8.06. The third-order valence-corrected chi connectivity index (χ3v) is 5.77. The van der Waals surface area contributed by atoms with Crippen molar-refractivity contribution in [3.63, 3.8) is 0 Å². The number of hydrogen-bond donors (Lipinski definition) is 1. The Balaban J connectivity index is 2.07. The minimum atomic E-state index is 0.142. The summed E-state index contributed by atoms with van der Waals surface area (Å²) < 4.78 is 0. The van der Waals surface area contributed by atoms with Gasteiger partial charge in [-0.25, -0.2) is 0 Å². The minimum absolute atomic E-state index is 0.142. The summed E-state index contributed by atoms with van der Waals surface area (Å²) in [4.78, 5) is 0. The van der Waals surface area contributed by atoms with Gasteiger partial charge >= 0.3 is 0 Å². The van der Waals surface area contributed by atoms with Crippen LogP contribution in [0.2, 0.25) is 0 Å². The van der Waals surface area contributed by atoms with Crippen LogP contribution in [-0.2, 0) is 0 Å². The highest BCUT2D eigenvalue weighted by molar-refractivity contribution is 5.32. The Bertz CT molecular complexity index is 450. The first kappa shape index (κ1) is 12.1. The minimum Gasteiger partial charge on any atom is -0.401 e. The number of hydrogen-bond acceptors (Lipinski definition) is 2. The zero-order valence-electron chi connectivity index (χ0n) is 11.8. The Morgan fingerprint density at radius 3 is 2.11 bits per heavy atom. The molecule has 0 radical (unpaired) electrons. The molecule has 2 N–H and O–H groups in total.